The van der Waals surface area contributed by atoms with E-state index in [4.69, 9.17) is 11.6 Å². The van der Waals surface area contributed by atoms with Gasteiger partial charge in [-0.1, -0.05) is 47.6 Å². The Hall–Kier alpha value is -2.31. The molecule has 3 rings (SSSR count). The summed E-state index contributed by atoms with van der Waals surface area (Å²) in [5, 5.41) is 12.5. The fourth-order valence-corrected chi connectivity index (χ4v) is 3.68. The van der Waals surface area contributed by atoms with Gasteiger partial charge in [-0.2, -0.15) is 0 Å². The Bertz CT molecular complexity index is 1000. The van der Waals surface area contributed by atoms with Crippen LogP contribution in [-0.2, 0) is 4.79 Å². The second-order valence-electron chi connectivity index (χ2n) is 6.84. The van der Waals surface area contributed by atoms with Gasteiger partial charge < -0.3 is 5.32 Å². The van der Waals surface area contributed by atoms with Crippen LogP contribution >= 0.6 is 23.4 Å². The van der Waals surface area contributed by atoms with Gasteiger partial charge in [-0.25, -0.2) is 0 Å². The molecular formula is C21H23ClN4OS. The molecule has 146 valence electrons. The van der Waals surface area contributed by atoms with Crippen LogP contribution in [0, 0.1) is 20.8 Å². The lowest BCUT2D eigenvalue weighted by molar-refractivity contribution is -0.119. The van der Waals surface area contributed by atoms with E-state index in [9.17, 15) is 4.79 Å². The summed E-state index contributed by atoms with van der Waals surface area (Å²) in [6, 6.07) is 12.0. The smallest absolute Gasteiger partial charge is 0.230 e. The summed E-state index contributed by atoms with van der Waals surface area (Å²) < 4.78 is 1.83. The molecule has 1 aromatic heterocycles. The number of rotatable bonds is 6. The van der Waals surface area contributed by atoms with Gasteiger partial charge in [0.2, 0.25) is 5.91 Å². The molecule has 0 aliphatic rings. The summed E-state index contributed by atoms with van der Waals surface area (Å²) in [6.45, 7) is 8.10. The fourth-order valence-electron chi connectivity index (χ4n) is 2.76. The number of amides is 1. The van der Waals surface area contributed by atoms with Crippen molar-refractivity contribution in [1.29, 1.82) is 0 Å². The minimum atomic E-state index is -0.0545. The molecule has 0 saturated carbocycles. The maximum Gasteiger partial charge on any atom is 0.230 e. The van der Waals surface area contributed by atoms with Gasteiger partial charge in [-0.15, -0.1) is 10.2 Å². The molecule has 0 saturated heterocycles. The molecule has 0 radical (unpaired) electrons. The highest BCUT2D eigenvalue weighted by molar-refractivity contribution is 7.99. The number of hydrogen-bond acceptors (Lipinski definition) is 4. The summed E-state index contributed by atoms with van der Waals surface area (Å²) in [5.41, 5.74) is 5.43. The number of hydrogen-bond donors (Lipinski definition) is 1. The van der Waals surface area contributed by atoms with Crippen molar-refractivity contribution in [3.05, 3.63) is 70.0 Å². The summed E-state index contributed by atoms with van der Waals surface area (Å²) in [5.74, 6) is 0.209. The zero-order valence-electron chi connectivity index (χ0n) is 16.4. The van der Waals surface area contributed by atoms with Crippen molar-refractivity contribution in [3.8, 4) is 5.69 Å². The lowest BCUT2D eigenvalue weighted by Crippen LogP contribution is -2.28. The predicted molar refractivity (Wildman–Crippen MR) is 114 cm³/mol. The number of halogens is 1. The average Bonchev–Trinajstić information content (AvgIpc) is 3.13. The standard InChI is InChI=1S/C21H23ClN4OS/c1-13-5-7-17(9-15(13)3)16(4)24-20(27)11-28-21-25-23-12-26(21)18-8-6-14(2)19(22)10-18/h5-10,12,16H,11H2,1-4H3,(H,24,27). The number of aryl methyl sites for hydroxylation is 3. The van der Waals surface area contributed by atoms with Crippen LogP contribution in [0.4, 0.5) is 0 Å². The van der Waals surface area contributed by atoms with Crippen LogP contribution in [0.15, 0.2) is 47.9 Å². The zero-order chi connectivity index (χ0) is 20.3. The van der Waals surface area contributed by atoms with Gasteiger partial charge in [0.1, 0.15) is 6.33 Å². The van der Waals surface area contributed by atoms with E-state index in [-0.39, 0.29) is 17.7 Å². The summed E-state index contributed by atoms with van der Waals surface area (Å²) in [6.07, 6.45) is 1.62. The Labute approximate surface area is 174 Å². The Kier molecular flexibility index (Phi) is 6.42. The van der Waals surface area contributed by atoms with Crippen molar-refractivity contribution >= 4 is 29.3 Å². The number of carbonyl (C=O) groups excluding carboxylic acids is 1. The lowest BCUT2D eigenvalue weighted by atomic mass is 10.0. The molecule has 0 aliphatic carbocycles. The third-order valence-corrected chi connectivity index (χ3v) is 6.04. The second-order valence-corrected chi connectivity index (χ2v) is 8.19. The SMILES string of the molecule is Cc1ccc(C(C)NC(=O)CSc2nncn2-c2ccc(C)c(Cl)c2)cc1C. The van der Waals surface area contributed by atoms with E-state index in [2.05, 4.69) is 47.6 Å². The van der Waals surface area contributed by atoms with Crippen LogP contribution in [0.3, 0.4) is 0 Å². The maximum absolute atomic E-state index is 12.4. The fraction of sp³-hybridized carbons (Fsp3) is 0.286. The Balaban J connectivity index is 1.63. The molecular weight excluding hydrogens is 392 g/mol. The van der Waals surface area contributed by atoms with Gasteiger partial charge >= 0.3 is 0 Å². The second kappa shape index (κ2) is 8.80. The average molecular weight is 415 g/mol. The summed E-state index contributed by atoms with van der Waals surface area (Å²) >= 11 is 7.57. The topological polar surface area (TPSA) is 59.8 Å². The van der Waals surface area contributed by atoms with Crippen LogP contribution in [0.2, 0.25) is 5.02 Å². The molecule has 1 atom stereocenters. The quantitative estimate of drug-likeness (QED) is 0.587. The third-order valence-electron chi connectivity index (χ3n) is 4.69. The Morgan fingerprint density at radius 1 is 1.14 bits per heavy atom. The molecule has 7 heteroatoms. The van der Waals surface area contributed by atoms with Crippen molar-refractivity contribution in [2.75, 3.05) is 5.75 Å². The van der Waals surface area contributed by atoms with Crippen LogP contribution in [0.25, 0.3) is 5.69 Å². The molecule has 5 nitrogen and oxygen atoms in total. The van der Waals surface area contributed by atoms with Crippen molar-refractivity contribution in [2.24, 2.45) is 0 Å². The van der Waals surface area contributed by atoms with E-state index >= 15 is 0 Å². The first-order valence-electron chi connectivity index (χ1n) is 9.01. The molecule has 3 aromatic rings. The van der Waals surface area contributed by atoms with Crippen LogP contribution in [-0.4, -0.2) is 26.4 Å². The molecule has 1 amide bonds. The van der Waals surface area contributed by atoms with Crippen molar-refractivity contribution in [2.45, 2.75) is 38.9 Å². The minimum absolute atomic E-state index is 0.0489. The van der Waals surface area contributed by atoms with E-state index in [1.165, 1.54) is 22.9 Å². The number of thioether (sulfide) groups is 1. The van der Waals surface area contributed by atoms with Gasteiger partial charge in [0.15, 0.2) is 5.16 Å². The summed E-state index contributed by atoms with van der Waals surface area (Å²) in [4.78, 5) is 12.4. The highest BCUT2D eigenvalue weighted by atomic mass is 35.5. The largest absolute Gasteiger partial charge is 0.349 e. The first kappa shape index (κ1) is 20.4. The maximum atomic E-state index is 12.4. The monoisotopic (exact) mass is 414 g/mol. The number of benzene rings is 2. The van der Waals surface area contributed by atoms with Crippen molar-refractivity contribution < 1.29 is 4.79 Å². The number of carbonyl (C=O) groups is 1. The van der Waals surface area contributed by atoms with E-state index in [1.807, 2.05) is 36.6 Å². The van der Waals surface area contributed by atoms with Crippen LogP contribution in [0.5, 0.6) is 0 Å². The number of nitrogens with zero attached hydrogens (tertiary/aromatic N) is 3. The molecule has 2 aromatic carbocycles. The van der Waals surface area contributed by atoms with Gasteiger partial charge in [-0.3, -0.25) is 9.36 Å². The first-order valence-corrected chi connectivity index (χ1v) is 10.4. The van der Waals surface area contributed by atoms with Gasteiger partial charge in [0, 0.05) is 5.02 Å². The minimum Gasteiger partial charge on any atom is -0.349 e. The van der Waals surface area contributed by atoms with Gasteiger partial charge in [0.25, 0.3) is 0 Å². The van der Waals surface area contributed by atoms with Crippen LogP contribution in [0.1, 0.15) is 35.2 Å². The predicted octanol–water partition coefficient (Wildman–Crippen LogP) is 4.82. The molecule has 0 fully saturated rings. The highest BCUT2D eigenvalue weighted by Crippen LogP contribution is 2.24. The van der Waals surface area contributed by atoms with Gasteiger partial charge in [-0.05, 0) is 62.1 Å². The third kappa shape index (κ3) is 4.75. The first-order chi connectivity index (χ1) is 13.3. The van der Waals surface area contributed by atoms with E-state index in [0.29, 0.717) is 10.2 Å². The Morgan fingerprint density at radius 3 is 2.61 bits per heavy atom. The molecule has 0 aliphatic heterocycles. The van der Waals surface area contributed by atoms with Crippen LogP contribution < -0.4 is 5.32 Å². The number of nitrogens with one attached hydrogen (secondary N) is 1. The van der Waals surface area contributed by atoms with Gasteiger partial charge in [0.05, 0.1) is 17.5 Å². The molecule has 0 spiro atoms. The molecule has 0 bridgehead atoms. The highest BCUT2D eigenvalue weighted by Gasteiger charge is 2.14. The zero-order valence-corrected chi connectivity index (χ0v) is 17.9. The molecule has 1 unspecified atom stereocenters. The van der Waals surface area contributed by atoms with Crippen molar-refractivity contribution in [3.63, 3.8) is 0 Å². The molecule has 1 N–H and O–H groups in total. The molecule has 28 heavy (non-hydrogen) atoms. The Morgan fingerprint density at radius 2 is 1.89 bits per heavy atom. The van der Waals surface area contributed by atoms with E-state index < -0.39 is 0 Å². The number of aromatic nitrogens is 3. The van der Waals surface area contributed by atoms with Crippen molar-refractivity contribution in [1.82, 2.24) is 20.1 Å². The van der Waals surface area contributed by atoms with E-state index in [0.717, 1.165) is 16.8 Å². The normalized spacial score (nSPS) is 12.0. The summed E-state index contributed by atoms with van der Waals surface area (Å²) in [7, 11) is 0. The van der Waals surface area contributed by atoms with E-state index in [1.54, 1.807) is 6.33 Å². The molecule has 1 heterocycles. The lowest BCUT2D eigenvalue weighted by Gasteiger charge is -2.15.